The molecule has 0 bridgehead atoms. The van der Waals surface area contributed by atoms with Gasteiger partial charge in [0.05, 0.1) is 12.3 Å². The number of morpholine rings is 1. The predicted molar refractivity (Wildman–Crippen MR) is 61.7 cm³/mol. The molecule has 4 nitrogen and oxygen atoms in total. The first kappa shape index (κ1) is 10.4. The lowest BCUT2D eigenvalue weighted by Crippen LogP contribution is -2.41. The fraction of sp³-hybridized carbons (Fsp3) is 0.300. The molecule has 2 N–H and O–H groups in total. The Morgan fingerprint density at radius 2 is 2.27 bits per heavy atom. The second-order valence-electron chi connectivity index (χ2n) is 3.31. The number of nitrogen functional groups attached to an aromatic ring is 1. The van der Waals surface area contributed by atoms with Crippen molar-refractivity contribution in [3.63, 3.8) is 0 Å². The van der Waals surface area contributed by atoms with E-state index < -0.39 is 0 Å². The van der Waals surface area contributed by atoms with Crippen molar-refractivity contribution in [2.24, 2.45) is 0 Å². The SMILES string of the molecule is Nc1ccc(N2CCOCC2=O)c(Br)c1. The summed E-state index contributed by atoms with van der Waals surface area (Å²) in [4.78, 5) is 13.3. The maximum Gasteiger partial charge on any atom is 0.253 e. The van der Waals surface area contributed by atoms with Crippen molar-refractivity contribution in [1.29, 1.82) is 0 Å². The van der Waals surface area contributed by atoms with Crippen LogP contribution in [-0.4, -0.2) is 25.7 Å². The first-order valence-electron chi connectivity index (χ1n) is 4.61. The van der Waals surface area contributed by atoms with E-state index in [2.05, 4.69) is 15.9 Å². The van der Waals surface area contributed by atoms with Crippen LogP contribution in [0, 0.1) is 0 Å². The molecule has 1 aromatic carbocycles. The highest BCUT2D eigenvalue weighted by Crippen LogP contribution is 2.29. The van der Waals surface area contributed by atoms with Gasteiger partial charge in [-0.05, 0) is 34.1 Å². The van der Waals surface area contributed by atoms with Gasteiger partial charge in [0, 0.05) is 16.7 Å². The number of benzene rings is 1. The molecular formula is C10H11BrN2O2. The van der Waals surface area contributed by atoms with Crippen molar-refractivity contribution in [2.45, 2.75) is 0 Å². The second-order valence-corrected chi connectivity index (χ2v) is 4.16. The molecule has 1 aliphatic rings. The fourth-order valence-electron chi connectivity index (χ4n) is 1.51. The van der Waals surface area contributed by atoms with Gasteiger partial charge in [0.15, 0.2) is 0 Å². The molecule has 0 unspecified atom stereocenters. The number of amides is 1. The normalized spacial score (nSPS) is 16.9. The zero-order chi connectivity index (χ0) is 10.8. The first-order chi connectivity index (χ1) is 7.18. The summed E-state index contributed by atoms with van der Waals surface area (Å²) in [7, 11) is 0. The Hall–Kier alpha value is -1.07. The molecule has 5 heteroatoms. The van der Waals surface area contributed by atoms with Crippen LogP contribution >= 0.6 is 15.9 Å². The highest BCUT2D eigenvalue weighted by atomic mass is 79.9. The van der Waals surface area contributed by atoms with Crippen molar-refractivity contribution in [2.75, 3.05) is 30.4 Å². The summed E-state index contributed by atoms with van der Waals surface area (Å²) in [6.07, 6.45) is 0. The van der Waals surface area contributed by atoms with Gasteiger partial charge in [0.2, 0.25) is 0 Å². The standard InChI is InChI=1S/C10H11BrN2O2/c11-8-5-7(12)1-2-9(8)13-3-4-15-6-10(13)14/h1-2,5H,3-4,6,12H2. The minimum atomic E-state index is -0.0216. The van der Waals surface area contributed by atoms with E-state index in [0.717, 1.165) is 10.2 Å². The van der Waals surface area contributed by atoms with E-state index in [1.807, 2.05) is 6.07 Å². The lowest BCUT2D eigenvalue weighted by atomic mass is 10.2. The average Bonchev–Trinajstić information content (AvgIpc) is 2.20. The molecule has 1 aliphatic heterocycles. The van der Waals surface area contributed by atoms with Gasteiger partial charge in [-0.2, -0.15) is 0 Å². The van der Waals surface area contributed by atoms with E-state index in [0.29, 0.717) is 18.8 Å². The van der Waals surface area contributed by atoms with Gasteiger partial charge in [-0.3, -0.25) is 4.79 Å². The van der Waals surface area contributed by atoms with Crippen LogP contribution < -0.4 is 10.6 Å². The Morgan fingerprint density at radius 1 is 1.47 bits per heavy atom. The van der Waals surface area contributed by atoms with Gasteiger partial charge in [0.25, 0.3) is 5.91 Å². The van der Waals surface area contributed by atoms with Crippen molar-refractivity contribution < 1.29 is 9.53 Å². The molecule has 0 spiro atoms. The topological polar surface area (TPSA) is 55.6 Å². The van der Waals surface area contributed by atoms with Crippen LogP contribution in [0.3, 0.4) is 0 Å². The number of rotatable bonds is 1. The summed E-state index contributed by atoms with van der Waals surface area (Å²) in [5.74, 6) is -0.0216. The summed E-state index contributed by atoms with van der Waals surface area (Å²) < 4.78 is 5.90. The van der Waals surface area contributed by atoms with Gasteiger partial charge < -0.3 is 15.4 Å². The summed E-state index contributed by atoms with van der Waals surface area (Å²) in [6, 6.07) is 5.41. The number of hydrogen-bond acceptors (Lipinski definition) is 3. The maximum atomic E-state index is 11.6. The van der Waals surface area contributed by atoms with Crippen molar-refractivity contribution in [3.8, 4) is 0 Å². The first-order valence-corrected chi connectivity index (χ1v) is 5.41. The van der Waals surface area contributed by atoms with Gasteiger partial charge in [-0.1, -0.05) is 0 Å². The van der Waals surface area contributed by atoms with E-state index in [1.165, 1.54) is 0 Å². The molecule has 2 rings (SSSR count). The minimum absolute atomic E-state index is 0.0216. The third kappa shape index (κ3) is 2.13. The van der Waals surface area contributed by atoms with Crippen molar-refractivity contribution in [1.82, 2.24) is 0 Å². The van der Waals surface area contributed by atoms with Gasteiger partial charge in [0.1, 0.15) is 6.61 Å². The Kier molecular flexibility index (Phi) is 2.93. The molecule has 0 saturated carbocycles. The smallest absolute Gasteiger partial charge is 0.253 e. The quantitative estimate of drug-likeness (QED) is 0.785. The molecule has 1 fully saturated rings. The van der Waals surface area contributed by atoms with Crippen LogP contribution in [-0.2, 0) is 9.53 Å². The predicted octanol–water partition coefficient (Wildman–Crippen LogP) is 1.39. The van der Waals surface area contributed by atoms with E-state index in [4.69, 9.17) is 10.5 Å². The lowest BCUT2D eigenvalue weighted by molar-refractivity contribution is -0.125. The average molecular weight is 271 g/mol. The van der Waals surface area contributed by atoms with Crippen LogP contribution in [0.15, 0.2) is 22.7 Å². The third-order valence-corrected chi connectivity index (χ3v) is 2.88. The van der Waals surface area contributed by atoms with Crippen molar-refractivity contribution in [3.05, 3.63) is 22.7 Å². The summed E-state index contributed by atoms with van der Waals surface area (Å²) in [5.41, 5.74) is 7.15. The van der Waals surface area contributed by atoms with E-state index in [-0.39, 0.29) is 12.5 Å². The monoisotopic (exact) mass is 270 g/mol. The molecule has 1 saturated heterocycles. The van der Waals surface area contributed by atoms with Crippen LogP contribution in [0.5, 0.6) is 0 Å². The molecule has 0 radical (unpaired) electrons. The maximum absolute atomic E-state index is 11.6. The Morgan fingerprint density at radius 3 is 2.93 bits per heavy atom. The highest BCUT2D eigenvalue weighted by molar-refractivity contribution is 9.10. The summed E-state index contributed by atoms with van der Waals surface area (Å²) in [6.45, 7) is 1.31. The third-order valence-electron chi connectivity index (χ3n) is 2.25. The van der Waals surface area contributed by atoms with Crippen LogP contribution in [0.2, 0.25) is 0 Å². The van der Waals surface area contributed by atoms with Gasteiger partial charge in [-0.15, -0.1) is 0 Å². The van der Waals surface area contributed by atoms with Crippen molar-refractivity contribution >= 4 is 33.2 Å². The Bertz CT molecular complexity index is 395. The lowest BCUT2D eigenvalue weighted by Gasteiger charge is -2.27. The second kappa shape index (κ2) is 4.20. The molecule has 80 valence electrons. The number of anilines is 2. The molecule has 0 aliphatic carbocycles. The summed E-state index contributed by atoms with van der Waals surface area (Å²) >= 11 is 3.40. The van der Waals surface area contributed by atoms with Crippen LogP contribution in [0.1, 0.15) is 0 Å². The highest BCUT2D eigenvalue weighted by Gasteiger charge is 2.21. The van der Waals surface area contributed by atoms with Crippen LogP contribution in [0.4, 0.5) is 11.4 Å². The Balaban J connectivity index is 2.31. The molecular weight excluding hydrogens is 260 g/mol. The van der Waals surface area contributed by atoms with Crippen LogP contribution in [0.25, 0.3) is 0 Å². The van der Waals surface area contributed by atoms with E-state index in [9.17, 15) is 4.79 Å². The van der Waals surface area contributed by atoms with Gasteiger partial charge in [-0.25, -0.2) is 0 Å². The number of nitrogens with two attached hydrogens (primary N) is 1. The largest absolute Gasteiger partial charge is 0.399 e. The molecule has 0 aromatic heterocycles. The zero-order valence-corrected chi connectivity index (χ0v) is 9.66. The summed E-state index contributed by atoms with van der Waals surface area (Å²) in [5, 5.41) is 0. The molecule has 1 heterocycles. The number of carbonyl (C=O) groups is 1. The number of halogens is 1. The Labute approximate surface area is 96.1 Å². The van der Waals surface area contributed by atoms with Gasteiger partial charge >= 0.3 is 0 Å². The number of ether oxygens (including phenoxy) is 1. The fourth-order valence-corrected chi connectivity index (χ4v) is 2.13. The minimum Gasteiger partial charge on any atom is -0.399 e. The van der Waals surface area contributed by atoms with E-state index >= 15 is 0 Å². The zero-order valence-electron chi connectivity index (χ0n) is 8.07. The molecule has 0 atom stereocenters. The van der Waals surface area contributed by atoms with E-state index in [1.54, 1.807) is 17.0 Å². The number of hydrogen-bond donors (Lipinski definition) is 1. The molecule has 1 aromatic rings. The number of nitrogens with zero attached hydrogens (tertiary/aromatic N) is 1. The molecule has 1 amide bonds. The number of carbonyl (C=O) groups excluding carboxylic acids is 1. The molecule has 15 heavy (non-hydrogen) atoms.